The van der Waals surface area contributed by atoms with Crippen molar-refractivity contribution in [1.82, 2.24) is 0 Å². The topological polar surface area (TPSA) is 75.7 Å². The Morgan fingerprint density at radius 1 is 1.15 bits per heavy atom. The van der Waals surface area contributed by atoms with Crippen LogP contribution in [0.3, 0.4) is 0 Å². The molecule has 0 aliphatic carbocycles. The van der Waals surface area contributed by atoms with Crippen LogP contribution >= 0.6 is 0 Å². The SMILES string of the molecule is CCOc1ccc(CC(=O)Nc2cccc(N3CCCCS3(=O)=O)c2)cc1. The zero-order valence-corrected chi connectivity index (χ0v) is 16.2. The molecule has 0 aromatic heterocycles. The third-order valence-corrected chi connectivity index (χ3v) is 6.24. The predicted molar refractivity (Wildman–Crippen MR) is 107 cm³/mol. The average Bonchev–Trinajstić information content (AvgIpc) is 2.63. The third-order valence-electron chi connectivity index (χ3n) is 4.37. The van der Waals surface area contributed by atoms with Crippen LogP contribution in [0.25, 0.3) is 0 Å². The van der Waals surface area contributed by atoms with Gasteiger partial charge in [0.25, 0.3) is 0 Å². The molecule has 144 valence electrons. The molecule has 1 N–H and O–H groups in total. The van der Waals surface area contributed by atoms with E-state index in [-0.39, 0.29) is 18.1 Å². The van der Waals surface area contributed by atoms with Crippen molar-refractivity contribution in [2.24, 2.45) is 0 Å². The minimum Gasteiger partial charge on any atom is -0.494 e. The van der Waals surface area contributed by atoms with Gasteiger partial charge in [0.1, 0.15) is 5.75 Å². The monoisotopic (exact) mass is 388 g/mol. The molecule has 1 heterocycles. The van der Waals surface area contributed by atoms with Gasteiger partial charge in [0, 0.05) is 12.2 Å². The van der Waals surface area contributed by atoms with E-state index < -0.39 is 10.0 Å². The number of rotatable bonds is 6. The molecule has 0 bridgehead atoms. The van der Waals surface area contributed by atoms with Gasteiger partial charge in [-0.15, -0.1) is 0 Å². The first-order valence-corrected chi connectivity index (χ1v) is 10.7. The Labute approximate surface area is 160 Å². The Morgan fingerprint density at radius 3 is 2.63 bits per heavy atom. The molecule has 1 saturated heterocycles. The molecule has 6 nitrogen and oxygen atoms in total. The van der Waals surface area contributed by atoms with Crippen molar-refractivity contribution in [2.75, 3.05) is 28.5 Å². The second kappa shape index (κ2) is 8.43. The number of nitrogens with zero attached hydrogens (tertiary/aromatic N) is 1. The summed E-state index contributed by atoms with van der Waals surface area (Å²) in [6, 6.07) is 14.4. The fourth-order valence-corrected chi connectivity index (χ4v) is 4.71. The molecule has 3 rings (SSSR count). The van der Waals surface area contributed by atoms with Gasteiger partial charge in [-0.3, -0.25) is 9.10 Å². The minimum atomic E-state index is -3.27. The standard InChI is InChI=1S/C20H24N2O4S/c1-2-26-19-10-8-16(9-11-19)14-20(23)21-17-6-5-7-18(15-17)22-12-3-4-13-27(22,24)25/h5-11,15H,2-4,12-14H2,1H3,(H,21,23). The van der Waals surface area contributed by atoms with Gasteiger partial charge in [-0.05, 0) is 55.7 Å². The van der Waals surface area contributed by atoms with Gasteiger partial charge in [0.2, 0.25) is 15.9 Å². The molecule has 0 radical (unpaired) electrons. The van der Waals surface area contributed by atoms with E-state index in [1.54, 1.807) is 24.3 Å². The fraction of sp³-hybridized carbons (Fsp3) is 0.350. The summed E-state index contributed by atoms with van der Waals surface area (Å²) in [7, 11) is -3.27. The first-order valence-electron chi connectivity index (χ1n) is 9.10. The maximum Gasteiger partial charge on any atom is 0.235 e. The summed E-state index contributed by atoms with van der Waals surface area (Å²) in [5.41, 5.74) is 2.06. The summed E-state index contributed by atoms with van der Waals surface area (Å²) in [5, 5.41) is 2.85. The normalized spacial score (nSPS) is 16.0. The molecule has 0 saturated carbocycles. The molecule has 27 heavy (non-hydrogen) atoms. The Balaban J connectivity index is 1.66. The molecule has 2 aromatic rings. The number of sulfonamides is 1. The molecule has 0 atom stereocenters. The number of carbonyl (C=O) groups is 1. The van der Waals surface area contributed by atoms with E-state index in [9.17, 15) is 13.2 Å². The van der Waals surface area contributed by atoms with E-state index >= 15 is 0 Å². The number of amides is 1. The summed E-state index contributed by atoms with van der Waals surface area (Å²) < 4.78 is 31.3. The largest absolute Gasteiger partial charge is 0.494 e. The van der Waals surface area contributed by atoms with Crippen LogP contribution in [0.2, 0.25) is 0 Å². The molecule has 1 amide bonds. The van der Waals surface area contributed by atoms with E-state index in [1.807, 2.05) is 31.2 Å². The summed E-state index contributed by atoms with van der Waals surface area (Å²) in [5.74, 6) is 0.788. The number of benzene rings is 2. The van der Waals surface area contributed by atoms with Gasteiger partial charge in [-0.2, -0.15) is 0 Å². The fourth-order valence-electron chi connectivity index (χ4n) is 3.08. The predicted octanol–water partition coefficient (Wildman–Crippen LogP) is 3.20. The highest BCUT2D eigenvalue weighted by Crippen LogP contribution is 2.26. The highest BCUT2D eigenvalue weighted by molar-refractivity contribution is 7.92. The van der Waals surface area contributed by atoms with E-state index in [0.29, 0.717) is 30.9 Å². The van der Waals surface area contributed by atoms with E-state index in [2.05, 4.69) is 5.32 Å². The molecule has 1 aliphatic rings. The number of ether oxygens (including phenoxy) is 1. The molecule has 1 aliphatic heterocycles. The lowest BCUT2D eigenvalue weighted by molar-refractivity contribution is -0.115. The number of hydrogen-bond donors (Lipinski definition) is 1. The maximum atomic E-state index is 12.3. The van der Waals surface area contributed by atoms with E-state index in [4.69, 9.17) is 4.74 Å². The lowest BCUT2D eigenvalue weighted by Crippen LogP contribution is -2.37. The second-order valence-corrected chi connectivity index (χ2v) is 8.46. The van der Waals surface area contributed by atoms with Crippen molar-refractivity contribution in [1.29, 1.82) is 0 Å². The van der Waals surface area contributed by atoms with Crippen molar-refractivity contribution in [2.45, 2.75) is 26.2 Å². The summed E-state index contributed by atoms with van der Waals surface area (Å²) in [6.07, 6.45) is 1.77. The minimum absolute atomic E-state index is 0.155. The van der Waals surface area contributed by atoms with Gasteiger partial charge in [0.05, 0.1) is 24.5 Å². The van der Waals surface area contributed by atoms with Crippen LogP contribution in [0.1, 0.15) is 25.3 Å². The van der Waals surface area contributed by atoms with E-state index in [0.717, 1.165) is 17.7 Å². The Bertz CT molecular complexity index is 894. The van der Waals surface area contributed by atoms with Crippen molar-refractivity contribution < 1.29 is 17.9 Å². The first kappa shape index (κ1) is 19.2. The van der Waals surface area contributed by atoms with E-state index in [1.165, 1.54) is 4.31 Å². The summed E-state index contributed by atoms with van der Waals surface area (Å²) in [6.45, 7) is 3.00. The molecule has 0 spiro atoms. The Hall–Kier alpha value is -2.54. The highest BCUT2D eigenvalue weighted by atomic mass is 32.2. The quantitative estimate of drug-likeness (QED) is 0.825. The van der Waals surface area contributed by atoms with Crippen LogP contribution in [0.5, 0.6) is 5.75 Å². The lowest BCUT2D eigenvalue weighted by atomic mass is 10.1. The van der Waals surface area contributed by atoms with Crippen LogP contribution in [0, 0.1) is 0 Å². The van der Waals surface area contributed by atoms with Crippen LogP contribution in [-0.4, -0.2) is 33.2 Å². The lowest BCUT2D eigenvalue weighted by Gasteiger charge is -2.28. The van der Waals surface area contributed by atoms with Crippen molar-refractivity contribution in [3.63, 3.8) is 0 Å². The van der Waals surface area contributed by atoms with Gasteiger partial charge in [0.15, 0.2) is 0 Å². The van der Waals surface area contributed by atoms with Crippen molar-refractivity contribution >= 4 is 27.3 Å². The summed E-state index contributed by atoms with van der Waals surface area (Å²) in [4.78, 5) is 12.3. The highest BCUT2D eigenvalue weighted by Gasteiger charge is 2.26. The number of hydrogen-bond acceptors (Lipinski definition) is 4. The molecule has 0 unspecified atom stereocenters. The van der Waals surface area contributed by atoms with Gasteiger partial charge in [-0.25, -0.2) is 8.42 Å². The molecular formula is C20H24N2O4S. The molecule has 1 fully saturated rings. The maximum absolute atomic E-state index is 12.3. The van der Waals surface area contributed by atoms with Crippen molar-refractivity contribution in [3.8, 4) is 5.75 Å². The molecular weight excluding hydrogens is 364 g/mol. The van der Waals surface area contributed by atoms with Crippen LogP contribution in [-0.2, 0) is 21.2 Å². The number of anilines is 2. The van der Waals surface area contributed by atoms with Gasteiger partial charge < -0.3 is 10.1 Å². The number of nitrogens with one attached hydrogen (secondary N) is 1. The van der Waals surface area contributed by atoms with Gasteiger partial charge >= 0.3 is 0 Å². The van der Waals surface area contributed by atoms with Gasteiger partial charge in [-0.1, -0.05) is 18.2 Å². The summed E-state index contributed by atoms with van der Waals surface area (Å²) >= 11 is 0. The average molecular weight is 388 g/mol. The second-order valence-electron chi connectivity index (χ2n) is 6.45. The third kappa shape index (κ3) is 5.01. The van der Waals surface area contributed by atoms with Crippen LogP contribution < -0.4 is 14.4 Å². The molecule has 7 heteroatoms. The Kier molecular flexibility index (Phi) is 6.01. The smallest absolute Gasteiger partial charge is 0.235 e. The Morgan fingerprint density at radius 2 is 1.93 bits per heavy atom. The zero-order chi connectivity index (χ0) is 19.3. The zero-order valence-electron chi connectivity index (χ0n) is 15.3. The number of carbonyl (C=O) groups excluding carboxylic acids is 1. The van der Waals surface area contributed by atoms with Crippen molar-refractivity contribution in [3.05, 3.63) is 54.1 Å². The van der Waals surface area contributed by atoms with Crippen LogP contribution in [0.4, 0.5) is 11.4 Å². The molecule has 2 aromatic carbocycles. The first-order chi connectivity index (χ1) is 13.0. The van der Waals surface area contributed by atoms with Crippen LogP contribution in [0.15, 0.2) is 48.5 Å².